The number of ether oxygens (including phenoxy) is 1. The zero-order valence-corrected chi connectivity index (χ0v) is 19.8. The average Bonchev–Trinajstić information content (AvgIpc) is 3.50. The first kappa shape index (κ1) is 20.8. The lowest BCUT2D eigenvalue weighted by Gasteiger charge is -2.26. The maximum atomic E-state index is 6.45. The molecule has 9 heteroatoms. The van der Waals surface area contributed by atoms with Crippen LogP contribution in [0.4, 0.5) is 0 Å². The van der Waals surface area contributed by atoms with Gasteiger partial charge in [0.15, 0.2) is 5.65 Å². The van der Waals surface area contributed by atoms with E-state index in [1.54, 1.807) is 21.7 Å². The molecule has 7 rings (SSSR count). The van der Waals surface area contributed by atoms with Crippen LogP contribution in [0.2, 0.25) is 5.02 Å². The van der Waals surface area contributed by atoms with E-state index in [1.165, 1.54) is 0 Å². The van der Waals surface area contributed by atoms with Gasteiger partial charge in [0, 0.05) is 11.2 Å². The molecule has 1 aliphatic heterocycles. The number of hydrogen-bond donors (Lipinski definition) is 0. The molecule has 0 aliphatic carbocycles. The van der Waals surface area contributed by atoms with E-state index in [2.05, 4.69) is 27.2 Å². The van der Waals surface area contributed by atoms with E-state index in [4.69, 9.17) is 26.4 Å². The Morgan fingerprint density at radius 3 is 2.56 bits per heavy atom. The molecule has 0 fully saturated rings. The molecule has 0 amide bonds. The monoisotopic (exact) mass is 491 g/mol. The van der Waals surface area contributed by atoms with Crippen LogP contribution in [0.25, 0.3) is 22.9 Å². The molecular formula is C27H18ClN7O. The highest BCUT2D eigenvalue weighted by Crippen LogP contribution is 2.49. The summed E-state index contributed by atoms with van der Waals surface area (Å²) in [7, 11) is 0. The third-order valence-electron chi connectivity index (χ3n) is 6.30. The predicted molar refractivity (Wildman–Crippen MR) is 135 cm³/mol. The van der Waals surface area contributed by atoms with E-state index in [9.17, 15) is 0 Å². The van der Waals surface area contributed by atoms with E-state index in [0.29, 0.717) is 33.9 Å². The first-order valence-corrected chi connectivity index (χ1v) is 11.8. The number of pyridine rings is 1. The number of hydrogen-bond acceptors (Lipinski definition) is 6. The fourth-order valence-electron chi connectivity index (χ4n) is 4.74. The van der Waals surface area contributed by atoms with Crippen molar-refractivity contribution in [3.63, 3.8) is 0 Å². The van der Waals surface area contributed by atoms with Gasteiger partial charge in [-0.05, 0) is 42.8 Å². The third-order valence-corrected chi connectivity index (χ3v) is 6.53. The van der Waals surface area contributed by atoms with Gasteiger partial charge >= 0.3 is 0 Å². The van der Waals surface area contributed by atoms with Gasteiger partial charge in [-0.25, -0.2) is 19.2 Å². The molecule has 0 saturated heterocycles. The zero-order valence-electron chi connectivity index (χ0n) is 19.1. The van der Waals surface area contributed by atoms with Crippen LogP contribution in [-0.2, 0) is 0 Å². The Labute approximate surface area is 210 Å². The van der Waals surface area contributed by atoms with Gasteiger partial charge in [0.05, 0.1) is 28.4 Å². The first-order chi connectivity index (χ1) is 17.7. The van der Waals surface area contributed by atoms with Crippen molar-refractivity contribution in [3.05, 3.63) is 113 Å². The molecule has 0 spiro atoms. The van der Waals surface area contributed by atoms with Crippen molar-refractivity contribution in [2.45, 2.75) is 12.8 Å². The van der Waals surface area contributed by atoms with Crippen LogP contribution in [0.15, 0.2) is 85.3 Å². The van der Waals surface area contributed by atoms with Crippen molar-refractivity contribution in [1.82, 2.24) is 34.3 Å². The maximum Gasteiger partial charge on any atom is 0.230 e. The SMILES string of the molecule is Cc1nn(-c2cccc(Cl)c2)c2c1[C@H](c1ccccc1)c1c(ncn3nc(-c4ccccn4)nc13)O2. The van der Waals surface area contributed by atoms with Crippen LogP contribution in [0.3, 0.4) is 0 Å². The highest BCUT2D eigenvalue weighted by molar-refractivity contribution is 6.30. The number of fused-ring (bicyclic) bond motifs is 4. The van der Waals surface area contributed by atoms with Gasteiger partial charge in [0.25, 0.3) is 0 Å². The molecule has 0 bridgehead atoms. The molecule has 174 valence electrons. The second kappa shape index (κ2) is 8.00. The summed E-state index contributed by atoms with van der Waals surface area (Å²) in [6.07, 6.45) is 3.35. The minimum atomic E-state index is -0.213. The van der Waals surface area contributed by atoms with Crippen molar-refractivity contribution in [2.24, 2.45) is 0 Å². The second-order valence-electron chi connectivity index (χ2n) is 8.52. The molecule has 2 aromatic carbocycles. The Morgan fingerprint density at radius 1 is 0.889 bits per heavy atom. The maximum absolute atomic E-state index is 6.45. The lowest BCUT2D eigenvalue weighted by molar-refractivity contribution is 0.402. The van der Waals surface area contributed by atoms with E-state index in [0.717, 1.165) is 28.1 Å². The van der Waals surface area contributed by atoms with Crippen LogP contribution in [0, 0.1) is 6.92 Å². The third kappa shape index (κ3) is 3.19. The summed E-state index contributed by atoms with van der Waals surface area (Å²) in [4.78, 5) is 13.9. The molecule has 6 aromatic rings. The quantitative estimate of drug-likeness (QED) is 0.319. The highest BCUT2D eigenvalue weighted by atomic mass is 35.5. The molecule has 8 nitrogen and oxygen atoms in total. The van der Waals surface area contributed by atoms with Crippen molar-refractivity contribution in [1.29, 1.82) is 0 Å². The fraction of sp³-hybridized carbons (Fsp3) is 0.0741. The summed E-state index contributed by atoms with van der Waals surface area (Å²) in [6.45, 7) is 1.99. The largest absolute Gasteiger partial charge is 0.420 e. The van der Waals surface area contributed by atoms with E-state index < -0.39 is 0 Å². The standard InChI is InChI=1S/C27H18ClN7O/c1-16-21-22(17-8-3-2-4-9-17)23-25-31-24(20-12-5-6-13-29-20)33-34(25)15-30-26(23)36-27(21)35(32-16)19-11-7-10-18(28)14-19/h2-15,22H,1H3/t22-/m0/s1. The Balaban J connectivity index is 1.49. The number of rotatable bonds is 3. The number of aromatic nitrogens is 7. The fourth-order valence-corrected chi connectivity index (χ4v) is 4.93. The molecule has 5 heterocycles. The molecule has 36 heavy (non-hydrogen) atoms. The van der Waals surface area contributed by atoms with E-state index >= 15 is 0 Å². The van der Waals surface area contributed by atoms with Crippen molar-refractivity contribution in [2.75, 3.05) is 0 Å². The van der Waals surface area contributed by atoms with Crippen molar-refractivity contribution in [3.8, 4) is 29.0 Å². The minimum Gasteiger partial charge on any atom is -0.420 e. The van der Waals surface area contributed by atoms with E-state index in [1.807, 2.05) is 67.6 Å². The smallest absolute Gasteiger partial charge is 0.230 e. The molecule has 0 unspecified atom stereocenters. The summed E-state index contributed by atoms with van der Waals surface area (Å²) in [5, 5.41) is 10.1. The van der Waals surface area contributed by atoms with Gasteiger partial charge in [-0.3, -0.25) is 4.98 Å². The molecule has 0 saturated carbocycles. The molecule has 4 aromatic heterocycles. The topological polar surface area (TPSA) is 83.0 Å². The Morgan fingerprint density at radius 2 is 1.75 bits per heavy atom. The average molecular weight is 492 g/mol. The number of nitrogens with zero attached hydrogens (tertiary/aromatic N) is 7. The highest BCUT2D eigenvalue weighted by Gasteiger charge is 2.38. The van der Waals surface area contributed by atoms with Crippen LogP contribution < -0.4 is 4.74 Å². The Kier molecular flexibility index (Phi) is 4.62. The lowest BCUT2D eigenvalue weighted by atomic mass is 9.84. The Hall–Kier alpha value is -4.56. The van der Waals surface area contributed by atoms with Crippen molar-refractivity contribution >= 4 is 17.2 Å². The van der Waals surface area contributed by atoms with Crippen LogP contribution in [0.5, 0.6) is 11.8 Å². The minimum absolute atomic E-state index is 0.213. The van der Waals surface area contributed by atoms with Gasteiger partial charge in [-0.2, -0.15) is 5.10 Å². The van der Waals surface area contributed by atoms with Gasteiger partial charge < -0.3 is 4.74 Å². The number of benzene rings is 2. The number of aryl methyl sites for hydroxylation is 1. The molecular weight excluding hydrogens is 474 g/mol. The summed E-state index contributed by atoms with van der Waals surface area (Å²) in [5.74, 6) is 1.38. The summed E-state index contributed by atoms with van der Waals surface area (Å²) < 4.78 is 9.91. The van der Waals surface area contributed by atoms with Crippen LogP contribution in [-0.4, -0.2) is 34.3 Å². The summed E-state index contributed by atoms with van der Waals surface area (Å²) >= 11 is 6.29. The molecule has 0 N–H and O–H groups in total. The van der Waals surface area contributed by atoms with Gasteiger partial charge in [-0.15, -0.1) is 5.10 Å². The van der Waals surface area contributed by atoms with Gasteiger partial charge in [0.1, 0.15) is 12.0 Å². The first-order valence-electron chi connectivity index (χ1n) is 11.4. The molecule has 1 aliphatic rings. The summed E-state index contributed by atoms with van der Waals surface area (Å²) in [5.41, 5.74) is 5.86. The predicted octanol–water partition coefficient (Wildman–Crippen LogP) is 5.62. The van der Waals surface area contributed by atoms with Crippen LogP contribution >= 0.6 is 11.6 Å². The molecule has 1 atom stereocenters. The molecule has 0 radical (unpaired) electrons. The van der Waals surface area contributed by atoms with E-state index in [-0.39, 0.29) is 5.92 Å². The zero-order chi connectivity index (χ0) is 24.2. The second-order valence-corrected chi connectivity index (χ2v) is 8.96. The normalized spacial score (nSPS) is 14.3. The Bertz CT molecular complexity index is 1750. The van der Waals surface area contributed by atoms with Gasteiger partial charge in [0.2, 0.25) is 17.6 Å². The number of halogens is 1. The lowest BCUT2D eigenvalue weighted by Crippen LogP contribution is -2.16. The van der Waals surface area contributed by atoms with Crippen molar-refractivity contribution < 1.29 is 4.74 Å². The van der Waals surface area contributed by atoms with Gasteiger partial charge in [-0.1, -0.05) is 54.1 Å². The van der Waals surface area contributed by atoms with Crippen LogP contribution in [0.1, 0.15) is 28.3 Å². The summed E-state index contributed by atoms with van der Waals surface area (Å²) in [6, 6.07) is 23.4.